The lowest BCUT2D eigenvalue weighted by atomic mass is 10.1. The van der Waals surface area contributed by atoms with Gasteiger partial charge >= 0.3 is 0 Å². The van der Waals surface area contributed by atoms with Crippen LogP contribution >= 0.6 is 0 Å². The van der Waals surface area contributed by atoms with E-state index >= 15 is 0 Å². The highest BCUT2D eigenvalue weighted by molar-refractivity contribution is 7.80. The molecule has 2 aromatic carbocycles. The molecular weight excluding hydrogens is 397 g/mol. The highest BCUT2D eigenvalue weighted by atomic mass is 32.2. The highest BCUT2D eigenvalue weighted by Gasteiger charge is 2.23. The number of carbonyl (C=O) groups is 2. The third kappa shape index (κ3) is 5.85. The van der Waals surface area contributed by atoms with Crippen LogP contribution in [0, 0.1) is 5.82 Å². The van der Waals surface area contributed by atoms with Crippen LogP contribution in [-0.4, -0.2) is 56.6 Å². The zero-order valence-corrected chi connectivity index (χ0v) is 16.5. The fourth-order valence-electron chi connectivity index (χ4n) is 3.22. The molecule has 0 bridgehead atoms. The number of benzene rings is 2. The van der Waals surface area contributed by atoms with Gasteiger partial charge in [0.1, 0.15) is 5.82 Å². The van der Waals surface area contributed by atoms with E-state index < -0.39 is 11.3 Å². The van der Waals surface area contributed by atoms with Crippen LogP contribution in [0.25, 0.3) is 0 Å². The van der Waals surface area contributed by atoms with E-state index in [0.717, 1.165) is 5.56 Å². The summed E-state index contributed by atoms with van der Waals surface area (Å²) >= 11 is -2.17. The standard InChI is InChI=1S/C20H22FN3O4S/c21-17-6-2-15(3-7-17)14-19(25)23-10-1-11-24(13-12-23)20(26)16-4-8-18(9-5-16)22-29(27)28/h2-9,22H,1,10-14H2,(H,27,28). The molecular formula is C20H22FN3O4S. The summed E-state index contributed by atoms with van der Waals surface area (Å²) in [5.41, 5.74) is 1.67. The second kappa shape index (κ2) is 9.62. The molecule has 0 saturated carbocycles. The Labute approximate surface area is 170 Å². The van der Waals surface area contributed by atoms with Crippen LogP contribution in [0.1, 0.15) is 22.3 Å². The largest absolute Gasteiger partial charge is 0.341 e. The average Bonchev–Trinajstić information content (AvgIpc) is 2.96. The first-order chi connectivity index (χ1) is 13.9. The van der Waals surface area contributed by atoms with Gasteiger partial charge in [-0.25, -0.2) is 8.60 Å². The Balaban J connectivity index is 1.57. The van der Waals surface area contributed by atoms with Gasteiger partial charge in [-0.15, -0.1) is 0 Å². The van der Waals surface area contributed by atoms with Crippen LogP contribution < -0.4 is 4.72 Å². The van der Waals surface area contributed by atoms with Gasteiger partial charge in [0.15, 0.2) is 0 Å². The van der Waals surface area contributed by atoms with Crippen molar-refractivity contribution in [2.45, 2.75) is 12.8 Å². The topological polar surface area (TPSA) is 90.0 Å². The number of hydrogen-bond donors (Lipinski definition) is 2. The lowest BCUT2D eigenvalue weighted by Crippen LogP contribution is -2.38. The van der Waals surface area contributed by atoms with Crippen LogP contribution in [0.2, 0.25) is 0 Å². The first-order valence-electron chi connectivity index (χ1n) is 9.21. The maximum absolute atomic E-state index is 13.0. The number of carbonyl (C=O) groups excluding carboxylic acids is 2. The molecule has 1 unspecified atom stereocenters. The lowest BCUT2D eigenvalue weighted by Gasteiger charge is -2.22. The Morgan fingerprint density at radius 2 is 1.59 bits per heavy atom. The van der Waals surface area contributed by atoms with Gasteiger partial charge in [-0.3, -0.25) is 18.9 Å². The summed E-state index contributed by atoms with van der Waals surface area (Å²) in [6.07, 6.45) is 0.874. The van der Waals surface area contributed by atoms with Crippen LogP contribution in [0.15, 0.2) is 48.5 Å². The first kappa shape index (κ1) is 20.9. The molecule has 1 heterocycles. The molecule has 1 fully saturated rings. The van der Waals surface area contributed by atoms with Gasteiger partial charge < -0.3 is 9.80 Å². The predicted molar refractivity (Wildman–Crippen MR) is 108 cm³/mol. The first-order valence-corrected chi connectivity index (χ1v) is 10.3. The van der Waals surface area contributed by atoms with Crippen molar-refractivity contribution in [3.63, 3.8) is 0 Å². The minimum Gasteiger partial charge on any atom is -0.341 e. The molecule has 1 saturated heterocycles. The second-order valence-corrected chi connectivity index (χ2v) is 7.46. The Hall–Kier alpha value is -2.78. The van der Waals surface area contributed by atoms with Crippen molar-refractivity contribution in [1.82, 2.24) is 9.80 Å². The fraction of sp³-hybridized carbons (Fsp3) is 0.300. The summed E-state index contributed by atoms with van der Waals surface area (Å²) < 4.78 is 34.9. The van der Waals surface area contributed by atoms with Crippen LogP contribution in [0.5, 0.6) is 0 Å². The van der Waals surface area contributed by atoms with Crippen molar-refractivity contribution < 1.29 is 22.7 Å². The van der Waals surface area contributed by atoms with Crippen LogP contribution in [0.4, 0.5) is 10.1 Å². The number of amides is 2. The van der Waals surface area contributed by atoms with E-state index in [-0.39, 0.29) is 24.1 Å². The van der Waals surface area contributed by atoms with E-state index in [2.05, 4.69) is 4.72 Å². The molecule has 2 aromatic rings. The molecule has 7 nitrogen and oxygen atoms in total. The van der Waals surface area contributed by atoms with Gasteiger partial charge in [-0.2, -0.15) is 0 Å². The average molecular weight is 419 g/mol. The van der Waals surface area contributed by atoms with Crippen molar-refractivity contribution in [3.05, 3.63) is 65.5 Å². The molecule has 1 aliphatic heterocycles. The molecule has 9 heteroatoms. The van der Waals surface area contributed by atoms with Gasteiger partial charge in [0.05, 0.1) is 6.42 Å². The van der Waals surface area contributed by atoms with Crippen molar-refractivity contribution in [2.75, 3.05) is 30.9 Å². The lowest BCUT2D eigenvalue weighted by molar-refractivity contribution is -0.130. The van der Waals surface area contributed by atoms with Gasteiger partial charge in [-0.1, -0.05) is 12.1 Å². The fourth-order valence-corrected chi connectivity index (χ4v) is 3.56. The summed E-state index contributed by atoms with van der Waals surface area (Å²) in [6, 6.07) is 12.2. The van der Waals surface area contributed by atoms with Crippen molar-refractivity contribution in [1.29, 1.82) is 0 Å². The normalized spacial score (nSPS) is 15.5. The van der Waals surface area contributed by atoms with E-state index in [1.54, 1.807) is 46.2 Å². The van der Waals surface area contributed by atoms with E-state index in [4.69, 9.17) is 4.55 Å². The number of nitrogens with one attached hydrogen (secondary N) is 1. The molecule has 0 aliphatic carbocycles. The molecule has 0 spiro atoms. The molecule has 1 aliphatic rings. The molecule has 0 aromatic heterocycles. The van der Waals surface area contributed by atoms with E-state index in [1.165, 1.54) is 12.1 Å². The Morgan fingerprint density at radius 3 is 2.24 bits per heavy atom. The van der Waals surface area contributed by atoms with Gasteiger partial charge in [0.25, 0.3) is 17.2 Å². The molecule has 2 amide bonds. The van der Waals surface area contributed by atoms with E-state index in [0.29, 0.717) is 43.9 Å². The zero-order valence-electron chi connectivity index (χ0n) is 15.7. The Bertz CT molecular complexity index is 890. The van der Waals surface area contributed by atoms with E-state index in [1.807, 2.05) is 0 Å². The SMILES string of the molecule is O=C(Cc1ccc(F)cc1)N1CCCN(C(=O)c2ccc(NS(=O)O)cc2)CC1. The third-order valence-corrected chi connectivity index (χ3v) is 5.15. The van der Waals surface area contributed by atoms with Crippen molar-refractivity contribution in [2.24, 2.45) is 0 Å². The second-order valence-electron chi connectivity index (χ2n) is 6.76. The monoisotopic (exact) mass is 419 g/mol. The van der Waals surface area contributed by atoms with Crippen molar-refractivity contribution >= 4 is 28.8 Å². The number of hydrogen-bond acceptors (Lipinski definition) is 3. The Morgan fingerprint density at radius 1 is 0.966 bits per heavy atom. The predicted octanol–water partition coefficient (Wildman–Crippen LogP) is 2.29. The molecule has 2 N–H and O–H groups in total. The molecule has 1 atom stereocenters. The molecule has 0 radical (unpaired) electrons. The van der Waals surface area contributed by atoms with Crippen LogP contribution in [0.3, 0.4) is 0 Å². The number of rotatable bonds is 5. The van der Waals surface area contributed by atoms with Crippen LogP contribution in [-0.2, 0) is 22.5 Å². The molecule has 154 valence electrons. The van der Waals surface area contributed by atoms with Gasteiger partial charge in [0, 0.05) is 37.4 Å². The number of nitrogens with zero attached hydrogens (tertiary/aromatic N) is 2. The molecule has 3 rings (SSSR count). The number of anilines is 1. The molecule has 29 heavy (non-hydrogen) atoms. The maximum atomic E-state index is 13.0. The van der Waals surface area contributed by atoms with Crippen molar-refractivity contribution in [3.8, 4) is 0 Å². The Kier molecular flexibility index (Phi) is 6.95. The van der Waals surface area contributed by atoms with Gasteiger partial charge in [0.2, 0.25) is 5.91 Å². The summed E-state index contributed by atoms with van der Waals surface area (Å²) in [7, 11) is 0. The van der Waals surface area contributed by atoms with Gasteiger partial charge in [-0.05, 0) is 48.4 Å². The maximum Gasteiger partial charge on any atom is 0.259 e. The smallest absolute Gasteiger partial charge is 0.259 e. The summed E-state index contributed by atoms with van der Waals surface area (Å²) in [6.45, 7) is 1.97. The summed E-state index contributed by atoms with van der Waals surface area (Å²) in [5.74, 6) is -0.522. The summed E-state index contributed by atoms with van der Waals surface area (Å²) in [4.78, 5) is 28.7. The highest BCUT2D eigenvalue weighted by Crippen LogP contribution is 2.14. The quantitative estimate of drug-likeness (QED) is 0.728. The number of halogens is 1. The zero-order chi connectivity index (χ0) is 20.8. The summed E-state index contributed by atoms with van der Waals surface area (Å²) in [5, 5.41) is 0. The van der Waals surface area contributed by atoms with E-state index in [9.17, 15) is 18.2 Å². The minimum atomic E-state index is -2.17. The minimum absolute atomic E-state index is 0.0432. The third-order valence-electron chi connectivity index (χ3n) is 4.74.